The SMILES string of the molecule is COc1ccc(Cl)cc1C(=O)Nc1ccc(S(=O)(=O)Nc2ncccn2)cc1. The number of benzene rings is 2. The van der Waals surface area contributed by atoms with Crippen LogP contribution in [-0.4, -0.2) is 31.4 Å². The third-order valence-corrected chi connectivity index (χ3v) is 5.20. The van der Waals surface area contributed by atoms with Gasteiger partial charge in [0.05, 0.1) is 17.6 Å². The maximum absolute atomic E-state index is 12.5. The summed E-state index contributed by atoms with van der Waals surface area (Å²) in [5, 5.41) is 3.06. The van der Waals surface area contributed by atoms with E-state index in [4.69, 9.17) is 16.3 Å². The number of nitrogens with zero attached hydrogens (tertiary/aromatic N) is 2. The van der Waals surface area contributed by atoms with Gasteiger partial charge in [-0.3, -0.25) is 4.79 Å². The Hall–Kier alpha value is -3.17. The lowest BCUT2D eigenvalue weighted by Crippen LogP contribution is -2.15. The summed E-state index contributed by atoms with van der Waals surface area (Å²) in [6.07, 6.45) is 2.85. The summed E-state index contributed by atoms with van der Waals surface area (Å²) in [5.74, 6) is -0.105. The molecule has 1 aromatic heterocycles. The molecule has 144 valence electrons. The van der Waals surface area contributed by atoms with Crippen LogP contribution in [0.15, 0.2) is 65.8 Å². The van der Waals surface area contributed by atoms with Gasteiger partial charge in [0.15, 0.2) is 0 Å². The maximum atomic E-state index is 12.5. The van der Waals surface area contributed by atoms with Crippen LogP contribution in [-0.2, 0) is 10.0 Å². The fourth-order valence-electron chi connectivity index (χ4n) is 2.30. The smallest absolute Gasteiger partial charge is 0.264 e. The van der Waals surface area contributed by atoms with E-state index in [2.05, 4.69) is 20.0 Å². The van der Waals surface area contributed by atoms with E-state index in [9.17, 15) is 13.2 Å². The summed E-state index contributed by atoms with van der Waals surface area (Å²) in [7, 11) is -2.40. The van der Waals surface area contributed by atoms with Crippen molar-refractivity contribution in [3.05, 3.63) is 71.5 Å². The van der Waals surface area contributed by atoms with Crippen LogP contribution in [0.4, 0.5) is 11.6 Å². The van der Waals surface area contributed by atoms with E-state index in [0.717, 1.165) is 0 Å². The van der Waals surface area contributed by atoms with Crippen LogP contribution >= 0.6 is 11.6 Å². The van der Waals surface area contributed by atoms with E-state index in [0.29, 0.717) is 16.5 Å². The number of hydrogen-bond donors (Lipinski definition) is 2. The Morgan fingerprint density at radius 3 is 2.39 bits per heavy atom. The summed E-state index contributed by atoms with van der Waals surface area (Å²) in [5.41, 5.74) is 0.663. The standard InChI is InChI=1S/C18H15ClN4O4S/c1-27-16-8-3-12(19)11-15(16)17(24)22-13-4-6-14(7-5-13)28(25,26)23-18-20-9-2-10-21-18/h2-11H,1H3,(H,22,24)(H,20,21,23). The van der Waals surface area contributed by atoms with Crippen LogP contribution in [0.3, 0.4) is 0 Å². The maximum Gasteiger partial charge on any atom is 0.264 e. The summed E-state index contributed by atoms with van der Waals surface area (Å²) in [4.78, 5) is 20.1. The number of sulfonamides is 1. The molecule has 3 rings (SSSR count). The molecule has 0 saturated heterocycles. The summed E-state index contributed by atoms with van der Waals surface area (Å²) in [6, 6.07) is 11.9. The molecule has 28 heavy (non-hydrogen) atoms. The Labute approximate surface area is 166 Å². The fourth-order valence-corrected chi connectivity index (χ4v) is 3.43. The van der Waals surface area contributed by atoms with E-state index in [1.54, 1.807) is 18.2 Å². The number of carbonyl (C=O) groups excluding carboxylic acids is 1. The summed E-state index contributed by atoms with van der Waals surface area (Å²) >= 11 is 5.94. The van der Waals surface area contributed by atoms with E-state index >= 15 is 0 Å². The molecule has 8 nitrogen and oxygen atoms in total. The molecule has 2 N–H and O–H groups in total. The molecule has 0 aliphatic heterocycles. The first-order valence-electron chi connectivity index (χ1n) is 7.94. The first-order valence-corrected chi connectivity index (χ1v) is 9.80. The minimum atomic E-state index is -3.85. The highest BCUT2D eigenvalue weighted by atomic mass is 35.5. The number of aromatic nitrogens is 2. The Morgan fingerprint density at radius 2 is 1.75 bits per heavy atom. The zero-order valence-electron chi connectivity index (χ0n) is 14.6. The van der Waals surface area contributed by atoms with Gasteiger partial charge in [-0.15, -0.1) is 0 Å². The lowest BCUT2D eigenvalue weighted by molar-refractivity contribution is 0.102. The second-order valence-electron chi connectivity index (χ2n) is 5.50. The predicted molar refractivity (Wildman–Crippen MR) is 105 cm³/mol. The number of rotatable bonds is 6. The molecule has 2 aromatic carbocycles. The average molecular weight is 419 g/mol. The summed E-state index contributed by atoms with van der Waals surface area (Å²) in [6.45, 7) is 0. The highest BCUT2D eigenvalue weighted by Gasteiger charge is 2.17. The van der Waals surface area contributed by atoms with Crippen LogP contribution in [0.5, 0.6) is 5.75 Å². The van der Waals surface area contributed by atoms with E-state index < -0.39 is 15.9 Å². The molecule has 0 bridgehead atoms. The Bertz CT molecular complexity index is 1090. The largest absolute Gasteiger partial charge is 0.496 e. The van der Waals surface area contributed by atoms with Crippen molar-refractivity contribution in [1.82, 2.24) is 9.97 Å². The lowest BCUT2D eigenvalue weighted by atomic mass is 10.2. The molecule has 3 aromatic rings. The van der Waals surface area contributed by atoms with Crippen LogP contribution in [0, 0.1) is 0 Å². The minimum absolute atomic E-state index is 0.00159. The highest BCUT2D eigenvalue weighted by Crippen LogP contribution is 2.24. The van der Waals surface area contributed by atoms with E-state index in [1.165, 1.54) is 49.8 Å². The third kappa shape index (κ3) is 4.56. The van der Waals surface area contributed by atoms with Crippen molar-refractivity contribution in [3.8, 4) is 5.75 Å². The number of halogens is 1. The Morgan fingerprint density at radius 1 is 1.07 bits per heavy atom. The van der Waals surface area contributed by atoms with Gasteiger partial charge in [-0.1, -0.05) is 11.6 Å². The first kappa shape index (κ1) is 19.6. The van der Waals surface area contributed by atoms with Gasteiger partial charge in [0.25, 0.3) is 15.9 Å². The number of carbonyl (C=O) groups is 1. The van der Waals surface area contributed by atoms with Crippen molar-refractivity contribution in [2.75, 3.05) is 17.1 Å². The zero-order chi connectivity index (χ0) is 20.1. The van der Waals surface area contributed by atoms with Gasteiger partial charge in [0.2, 0.25) is 5.95 Å². The minimum Gasteiger partial charge on any atom is -0.496 e. The van der Waals surface area contributed by atoms with Crippen molar-refractivity contribution >= 4 is 39.2 Å². The normalized spacial score (nSPS) is 10.9. The molecular formula is C18H15ClN4O4S. The number of amides is 1. The monoisotopic (exact) mass is 418 g/mol. The zero-order valence-corrected chi connectivity index (χ0v) is 16.2. The Balaban J connectivity index is 1.76. The van der Waals surface area contributed by atoms with Crippen molar-refractivity contribution < 1.29 is 17.9 Å². The Kier molecular flexibility index (Phi) is 5.76. The van der Waals surface area contributed by atoms with Gasteiger partial charge in [-0.25, -0.2) is 23.1 Å². The van der Waals surface area contributed by atoms with Crippen LogP contribution < -0.4 is 14.8 Å². The molecule has 0 atom stereocenters. The molecule has 0 radical (unpaired) electrons. The quantitative estimate of drug-likeness (QED) is 0.636. The number of hydrogen-bond acceptors (Lipinski definition) is 6. The van der Waals surface area contributed by atoms with E-state index in [-0.39, 0.29) is 16.4 Å². The number of anilines is 2. The second-order valence-corrected chi connectivity index (χ2v) is 7.62. The first-order chi connectivity index (χ1) is 13.4. The molecule has 0 spiro atoms. The molecule has 1 heterocycles. The number of ether oxygens (including phenoxy) is 1. The third-order valence-electron chi connectivity index (χ3n) is 3.62. The molecule has 0 unspecified atom stereocenters. The van der Waals surface area contributed by atoms with Crippen molar-refractivity contribution in [3.63, 3.8) is 0 Å². The lowest BCUT2D eigenvalue weighted by Gasteiger charge is -2.11. The van der Waals surface area contributed by atoms with Crippen LogP contribution in [0.2, 0.25) is 5.02 Å². The number of nitrogens with one attached hydrogen (secondary N) is 2. The molecule has 10 heteroatoms. The molecule has 0 aliphatic rings. The van der Waals surface area contributed by atoms with E-state index in [1.807, 2.05) is 0 Å². The van der Waals surface area contributed by atoms with Gasteiger partial charge in [0, 0.05) is 23.1 Å². The molecule has 0 saturated carbocycles. The van der Waals surface area contributed by atoms with Gasteiger partial charge >= 0.3 is 0 Å². The fraction of sp³-hybridized carbons (Fsp3) is 0.0556. The van der Waals surface area contributed by atoms with Crippen LogP contribution in [0.1, 0.15) is 10.4 Å². The van der Waals surface area contributed by atoms with Crippen LogP contribution in [0.25, 0.3) is 0 Å². The molecular weight excluding hydrogens is 404 g/mol. The molecule has 0 fully saturated rings. The molecule has 1 amide bonds. The van der Waals surface area contributed by atoms with Gasteiger partial charge in [0.1, 0.15) is 5.75 Å². The van der Waals surface area contributed by atoms with Gasteiger partial charge in [-0.05, 0) is 48.5 Å². The van der Waals surface area contributed by atoms with Crippen molar-refractivity contribution in [2.45, 2.75) is 4.90 Å². The highest BCUT2D eigenvalue weighted by molar-refractivity contribution is 7.92. The molecule has 0 aliphatic carbocycles. The van der Waals surface area contributed by atoms with Crippen molar-refractivity contribution in [1.29, 1.82) is 0 Å². The topological polar surface area (TPSA) is 110 Å². The average Bonchev–Trinajstić information content (AvgIpc) is 2.69. The summed E-state index contributed by atoms with van der Waals surface area (Å²) < 4.78 is 32.2. The second kappa shape index (κ2) is 8.24. The number of methoxy groups -OCH3 is 1. The predicted octanol–water partition coefficient (Wildman–Crippen LogP) is 3.19. The van der Waals surface area contributed by atoms with Crippen molar-refractivity contribution in [2.24, 2.45) is 0 Å². The van der Waals surface area contributed by atoms with Gasteiger partial charge in [-0.2, -0.15) is 0 Å². The van der Waals surface area contributed by atoms with Gasteiger partial charge < -0.3 is 10.1 Å².